The summed E-state index contributed by atoms with van der Waals surface area (Å²) in [6, 6.07) is 3.48. The van der Waals surface area contributed by atoms with Crippen LogP contribution in [-0.2, 0) is 35.1 Å². The number of benzene rings is 1. The summed E-state index contributed by atoms with van der Waals surface area (Å²) in [6.07, 6.45) is 6.78. The molecular formula is C21H26N2O6. The van der Waals surface area contributed by atoms with Gasteiger partial charge in [0.05, 0.1) is 14.2 Å². The molecule has 8 heteroatoms. The summed E-state index contributed by atoms with van der Waals surface area (Å²) < 4.78 is 8.91. The fraction of sp³-hybridized carbons (Fsp3) is 0.333. The Morgan fingerprint density at radius 2 is 1.45 bits per heavy atom. The van der Waals surface area contributed by atoms with Crippen molar-refractivity contribution in [2.75, 3.05) is 24.9 Å². The van der Waals surface area contributed by atoms with Crippen LogP contribution in [0, 0.1) is 6.92 Å². The van der Waals surface area contributed by atoms with Gasteiger partial charge in [0.25, 0.3) is 0 Å². The Bertz CT molecular complexity index is 827. The summed E-state index contributed by atoms with van der Waals surface area (Å²) in [6.45, 7) is 3.85. The highest BCUT2D eigenvalue weighted by Gasteiger charge is 2.12. The van der Waals surface area contributed by atoms with Crippen LogP contribution in [0.15, 0.2) is 36.4 Å². The number of hydrogen-bond donors (Lipinski definition) is 2. The number of carbonyl (C=O) groups is 4. The molecule has 1 aromatic rings. The third kappa shape index (κ3) is 8.42. The summed E-state index contributed by atoms with van der Waals surface area (Å²) in [4.78, 5) is 46.3. The van der Waals surface area contributed by atoms with Gasteiger partial charge in [-0.3, -0.25) is 9.59 Å². The first-order chi connectivity index (χ1) is 13.8. The molecule has 29 heavy (non-hydrogen) atoms. The van der Waals surface area contributed by atoms with Crippen LogP contribution in [0.2, 0.25) is 0 Å². The SMILES string of the molecule is CCCCc1cc(NC(=O)/C=C\C(=O)OC)cc(C)c1NC(=O)/C=C\C(=O)OC. The van der Waals surface area contributed by atoms with E-state index in [-0.39, 0.29) is 0 Å². The summed E-state index contributed by atoms with van der Waals surface area (Å²) >= 11 is 0. The molecule has 2 N–H and O–H groups in total. The number of methoxy groups -OCH3 is 2. The number of ether oxygens (including phenoxy) is 2. The Hall–Kier alpha value is -3.42. The highest BCUT2D eigenvalue weighted by atomic mass is 16.5. The predicted octanol–water partition coefficient (Wildman–Crippen LogP) is 2.67. The Kier molecular flexibility index (Phi) is 9.87. The number of hydrogen-bond acceptors (Lipinski definition) is 6. The fourth-order valence-electron chi connectivity index (χ4n) is 2.45. The molecule has 0 saturated heterocycles. The number of rotatable bonds is 9. The van der Waals surface area contributed by atoms with E-state index in [1.807, 2.05) is 6.92 Å². The van der Waals surface area contributed by atoms with E-state index in [0.29, 0.717) is 17.8 Å². The van der Waals surface area contributed by atoms with Gasteiger partial charge in [0, 0.05) is 35.7 Å². The van der Waals surface area contributed by atoms with Gasteiger partial charge in [-0.25, -0.2) is 9.59 Å². The van der Waals surface area contributed by atoms with Gasteiger partial charge in [-0.05, 0) is 43.0 Å². The van der Waals surface area contributed by atoms with E-state index in [1.54, 1.807) is 19.1 Å². The van der Waals surface area contributed by atoms with Gasteiger partial charge in [-0.2, -0.15) is 0 Å². The van der Waals surface area contributed by atoms with Crippen LogP contribution in [0.5, 0.6) is 0 Å². The number of anilines is 2. The molecule has 0 heterocycles. The predicted molar refractivity (Wildman–Crippen MR) is 109 cm³/mol. The zero-order chi connectivity index (χ0) is 21.8. The molecule has 156 valence electrons. The zero-order valence-corrected chi connectivity index (χ0v) is 17.0. The molecule has 0 radical (unpaired) electrons. The summed E-state index contributed by atoms with van der Waals surface area (Å²) in [5.41, 5.74) is 2.75. The number of nitrogens with one attached hydrogen (secondary N) is 2. The molecule has 0 bridgehead atoms. The minimum Gasteiger partial charge on any atom is -0.466 e. The maximum Gasteiger partial charge on any atom is 0.330 e. The first-order valence-corrected chi connectivity index (χ1v) is 9.08. The summed E-state index contributed by atoms with van der Waals surface area (Å²) in [5, 5.41) is 5.46. The monoisotopic (exact) mass is 402 g/mol. The first-order valence-electron chi connectivity index (χ1n) is 9.08. The number of esters is 2. The van der Waals surface area contributed by atoms with Crippen molar-refractivity contribution in [3.63, 3.8) is 0 Å². The van der Waals surface area contributed by atoms with Crippen molar-refractivity contribution in [3.05, 3.63) is 47.6 Å². The standard InChI is InChI=1S/C21H26N2O6/c1-5-6-7-15-13-16(22-17(24)8-10-19(26)28-3)12-14(2)21(15)23-18(25)9-11-20(27)29-4/h8-13H,5-7H2,1-4H3,(H,22,24)(H,23,25)/b10-8-,11-9-. The van der Waals surface area contributed by atoms with E-state index < -0.39 is 23.8 Å². The van der Waals surface area contributed by atoms with Gasteiger partial charge in [-0.1, -0.05) is 13.3 Å². The molecule has 1 aromatic carbocycles. The van der Waals surface area contributed by atoms with Crippen LogP contribution in [0.3, 0.4) is 0 Å². The van der Waals surface area contributed by atoms with Crippen LogP contribution in [-0.4, -0.2) is 38.0 Å². The smallest absolute Gasteiger partial charge is 0.330 e. The van der Waals surface area contributed by atoms with Crippen molar-refractivity contribution in [1.82, 2.24) is 0 Å². The third-order valence-corrected chi connectivity index (χ3v) is 3.88. The first kappa shape index (κ1) is 23.6. The molecule has 0 unspecified atom stereocenters. The van der Waals surface area contributed by atoms with Crippen molar-refractivity contribution < 1.29 is 28.7 Å². The Morgan fingerprint density at radius 1 is 0.897 bits per heavy atom. The second-order valence-electron chi connectivity index (χ2n) is 6.12. The topological polar surface area (TPSA) is 111 Å². The Labute approximate surface area is 169 Å². The molecular weight excluding hydrogens is 376 g/mol. The van der Waals surface area contributed by atoms with Crippen molar-refractivity contribution >= 4 is 35.1 Å². The van der Waals surface area contributed by atoms with E-state index in [9.17, 15) is 19.2 Å². The molecule has 2 amide bonds. The lowest BCUT2D eigenvalue weighted by atomic mass is 10.0. The molecule has 1 rings (SSSR count). The minimum atomic E-state index is -0.627. The average molecular weight is 402 g/mol. The lowest BCUT2D eigenvalue weighted by Gasteiger charge is -2.16. The number of aryl methyl sites for hydroxylation is 2. The van der Waals surface area contributed by atoms with Gasteiger partial charge in [0.1, 0.15) is 0 Å². The van der Waals surface area contributed by atoms with Crippen LogP contribution in [0.25, 0.3) is 0 Å². The summed E-state index contributed by atoms with van der Waals surface area (Å²) in [5.74, 6) is -2.19. The van der Waals surface area contributed by atoms with Crippen molar-refractivity contribution in [3.8, 4) is 0 Å². The minimum absolute atomic E-state index is 0.464. The molecule has 8 nitrogen and oxygen atoms in total. The zero-order valence-electron chi connectivity index (χ0n) is 17.0. The third-order valence-electron chi connectivity index (χ3n) is 3.88. The van der Waals surface area contributed by atoms with Crippen molar-refractivity contribution in [2.24, 2.45) is 0 Å². The number of unbranched alkanes of at least 4 members (excludes halogenated alkanes) is 1. The van der Waals surface area contributed by atoms with Gasteiger partial charge in [-0.15, -0.1) is 0 Å². The van der Waals surface area contributed by atoms with E-state index in [4.69, 9.17) is 0 Å². The number of carbonyl (C=O) groups excluding carboxylic acids is 4. The second-order valence-corrected chi connectivity index (χ2v) is 6.12. The molecule has 0 atom stereocenters. The average Bonchev–Trinajstić information content (AvgIpc) is 2.70. The van der Waals surface area contributed by atoms with Gasteiger partial charge in [0.2, 0.25) is 11.8 Å². The molecule has 0 aliphatic rings. The normalized spacial score (nSPS) is 10.8. The van der Waals surface area contributed by atoms with E-state index >= 15 is 0 Å². The maximum absolute atomic E-state index is 12.1. The van der Waals surface area contributed by atoms with Gasteiger partial charge >= 0.3 is 11.9 Å². The van der Waals surface area contributed by atoms with E-state index in [1.165, 1.54) is 14.2 Å². The van der Waals surface area contributed by atoms with Gasteiger partial charge < -0.3 is 20.1 Å². The molecule has 0 fully saturated rings. The lowest BCUT2D eigenvalue weighted by molar-refractivity contribution is -0.135. The van der Waals surface area contributed by atoms with Crippen LogP contribution in [0.1, 0.15) is 30.9 Å². The second kappa shape index (κ2) is 12.1. The number of amides is 2. The Balaban J connectivity index is 3.05. The van der Waals surface area contributed by atoms with Crippen LogP contribution >= 0.6 is 0 Å². The largest absolute Gasteiger partial charge is 0.466 e. The highest BCUT2D eigenvalue weighted by Crippen LogP contribution is 2.27. The molecule has 0 saturated carbocycles. The van der Waals surface area contributed by atoms with Gasteiger partial charge in [0.15, 0.2) is 0 Å². The van der Waals surface area contributed by atoms with E-state index in [0.717, 1.165) is 48.3 Å². The molecule has 0 aliphatic carbocycles. The quantitative estimate of drug-likeness (QED) is 0.485. The maximum atomic E-state index is 12.1. The fourth-order valence-corrected chi connectivity index (χ4v) is 2.45. The van der Waals surface area contributed by atoms with E-state index in [2.05, 4.69) is 20.1 Å². The van der Waals surface area contributed by atoms with Crippen molar-refractivity contribution in [2.45, 2.75) is 33.1 Å². The molecule has 0 spiro atoms. The lowest BCUT2D eigenvalue weighted by Crippen LogP contribution is -2.14. The van der Waals surface area contributed by atoms with Crippen LogP contribution < -0.4 is 10.6 Å². The van der Waals surface area contributed by atoms with Crippen LogP contribution in [0.4, 0.5) is 11.4 Å². The summed E-state index contributed by atoms with van der Waals surface area (Å²) in [7, 11) is 2.45. The highest BCUT2D eigenvalue weighted by molar-refractivity contribution is 6.05. The molecule has 0 aromatic heterocycles. The Morgan fingerprint density at radius 3 is 1.97 bits per heavy atom. The molecule has 0 aliphatic heterocycles. The van der Waals surface area contributed by atoms with Crippen molar-refractivity contribution in [1.29, 1.82) is 0 Å².